The van der Waals surface area contributed by atoms with Crippen molar-refractivity contribution in [3.8, 4) is 0 Å². The first-order chi connectivity index (χ1) is 7.36. The second kappa shape index (κ2) is 5.26. The van der Waals surface area contributed by atoms with Gasteiger partial charge in [0.1, 0.15) is 5.82 Å². The topological polar surface area (TPSA) is 12.0 Å². The lowest BCUT2D eigenvalue weighted by Gasteiger charge is -2.15. The van der Waals surface area contributed by atoms with E-state index in [0.29, 0.717) is 6.04 Å². The summed E-state index contributed by atoms with van der Waals surface area (Å²) in [4.78, 5) is 0. The molecule has 2 rings (SSSR count). The first-order valence-electron chi connectivity index (χ1n) is 5.83. The largest absolute Gasteiger partial charge is 0.314 e. The SMILES string of the molecule is Fc1ccccc1C[C@H]1CCCCCN1. The van der Waals surface area contributed by atoms with Gasteiger partial charge in [0, 0.05) is 6.04 Å². The molecule has 1 heterocycles. The van der Waals surface area contributed by atoms with E-state index in [1.165, 1.54) is 25.7 Å². The summed E-state index contributed by atoms with van der Waals surface area (Å²) in [5.41, 5.74) is 0.844. The molecule has 82 valence electrons. The molecule has 15 heavy (non-hydrogen) atoms. The Bertz CT molecular complexity index is 303. The number of hydrogen-bond acceptors (Lipinski definition) is 1. The van der Waals surface area contributed by atoms with Crippen LogP contribution in [0.3, 0.4) is 0 Å². The van der Waals surface area contributed by atoms with E-state index in [1.54, 1.807) is 12.1 Å². The van der Waals surface area contributed by atoms with Crippen LogP contribution in [0.15, 0.2) is 24.3 Å². The predicted octanol–water partition coefficient (Wildman–Crippen LogP) is 2.90. The number of hydrogen-bond donors (Lipinski definition) is 1. The van der Waals surface area contributed by atoms with E-state index in [-0.39, 0.29) is 5.82 Å². The van der Waals surface area contributed by atoms with Crippen LogP contribution in [-0.2, 0) is 6.42 Å². The van der Waals surface area contributed by atoms with Crippen molar-refractivity contribution >= 4 is 0 Å². The molecular formula is C13H18FN. The molecule has 1 aromatic carbocycles. The molecule has 1 aromatic rings. The van der Waals surface area contributed by atoms with Gasteiger partial charge in [-0.25, -0.2) is 4.39 Å². The zero-order chi connectivity index (χ0) is 10.5. The third kappa shape index (κ3) is 3.03. The minimum atomic E-state index is -0.0662. The number of rotatable bonds is 2. The summed E-state index contributed by atoms with van der Waals surface area (Å²) >= 11 is 0. The quantitative estimate of drug-likeness (QED) is 0.786. The highest BCUT2D eigenvalue weighted by Gasteiger charge is 2.13. The third-order valence-corrected chi connectivity index (χ3v) is 3.09. The van der Waals surface area contributed by atoms with Crippen LogP contribution in [0.5, 0.6) is 0 Å². The van der Waals surface area contributed by atoms with Crippen molar-refractivity contribution in [1.29, 1.82) is 0 Å². The standard InChI is InChI=1S/C13H18FN/c14-13-8-4-3-6-11(13)10-12-7-2-1-5-9-15-12/h3-4,6,8,12,15H,1-2,5,7,9-10H2/t12-/m1/s1. The molecule has 1 aliphatic rings. The maximum atomic E-state index is 13.4. The van der Waals surface area contributed by atoms with Gasteiger partial charge in [0.25, 0.3) is 0 Å². The molecule has 1 atom stereocenters. The Labute approximate surface area is 90.7 Å². The molecule has 0 aliphatic carbocycles. The lowest BCUT2D eigenvalue weighted by molar-refractivity contribution is 0.494. The minimum absolute atomic E-state index is 0.0662. The fourth-order valence-electron chi connectivity index (χ4n) is 2.20. The maximum Gasteiger partial charge on any atom is 0.126 e. The van der Waals surface area contributed by atoms with Crippen LogP contribution in [0.4, 0.5) is 4.39 Å². The summed E-state index contributed by atoms with van der Waals surface area (Å²) in [6, 6.07) is 7.56. The molecule has 0 amide bonds. The normalized spacial score (nSPS) is 22.3. The molecule has 2 heteroatoms. The van der Waals surface area contributed by atoms with Crippen LogP contribution < -0.4 is 5.32 Å². The number of benzene rings is 1. The Hall–Kier alpha value is -0.890. The van der Waals surface area contributed by atoms with E-state index in [1.807, 2.05) is 12.1 Å². The van der Waals surface area contributed by atoms with Crippen molar-refractivity contribution in [3.63, 3.8) is 0 Å². The van der Waals surface area contributed by atoms with E-state index in [2.05, 4.69) is 5.32 Å². The van der Waals surface area contributed by atoms with Gasteiger partial charge in [0.2, 0.25) is 0 Å². The molecule has 0 unspecified atom stereocenters. The van der Waals surface area contributed by atoms with Crippen molar-refractivity contribution in [2.24, 2.45) is 0 Å². The van der Waals surface area contributed by atoms with Crippen LogP contribution >= 0.6 is 0 Å². The van der Waals surface area contributed by atoms with Crippen LogP contribution in [0.1, 0.15) is 31.2 Å². The van der Waals surface area contributed by atoms with E-state index in [0.717, 1.165) is 18.5 Å². The summed E-state index contributed by atoms with van der Waals surface area (Å²) in [6.45, 7) is 1.08. The summed E-state index contributed by atoms with van der Waals surface area (Å²) in [7, 11) is 0. The number of nitrogens with one attached hydrogen (secondary N) is 1. The summed E-state index contributed by atoms with van der Waals surface area (Å²) < 4.78 is 13.4. The highest BCUT2D eigenvalue weighted by molar-refractivity contribution is 5.18. The Balaban J connectivity index is 1.98. The van der Waals surface area contributed by atoms with Gasteiger partial charge in [0.15, 0.2) is 0 Å². The average molecular weight is 207 g/mol. The monoisotopic (exact) mass is 207 g/mol. The first kappa shape index (κ1) is 10.6. The van der Waals surface area contributed by atoms with Gasteiger partial charge in [-0.2, -0.15) is 0 Å². The Kier molecular flexibility index (Phi) is 3.73. The number of halogens is 1. The van der Waals surface area contributed by atoms with Gasteiger partial charge in [0.05, 0.1) is 0 Å². The minimum Gasteiger partial charge on any atom is -0.314 e. The highest BCUT2D eigenvalue weighted by atomic mass is 19.1. The van der Waals surface area contributed by atoms with Gasteiger partial charge in [-0.05, 0) is 37.4 Å². The second-order valence-electron chi connectivity index (χ2n) is 4.30. The van der Waals surface area contributed by atoms with Gasteiger partial charge in [-0.1, -0.05) is 31.0 Å². The molecule has 1 aliphatic heterocycles. The summed E-state index contributed by atoms with van der Waals surface area (Å²) in [5, 5.41) is 3.49. The van der Waals surface area contributed by atoms with Crippen molar-refractivity contribution in [1.82, 2.24) is 5.32 Å². The van der Waals surface area contributed by atoms with Gasteiger partial charge >= 0.3 is 0 Å². The van der Waals surface area contributed by atoms with Gasteiger partial charge < -0.3 is 5.32 Å². The van der Waals surface area contributed by atoms with E-state index < -0.39 is 0 Å². The van der Waals surface area contributed by atoms with E-state index >= 15 is 0 Å². The molecule has 0 bridgehead atoms. The third-order valence-electron chi connectivity index (χ3n) is 3.09. The van der Waals surface area contributed by atoms with Crippen molar-refractivity contribution in [3.05, 3.63) is 35.6 Å². The predicted molar refractivity (Wildman–Crippen MR) is 60.4 cm³/mol. The average Bonchev–Trinajstić information content (AvgIpc) is 2.50. The zero-order valence-corrected chi connectivity index (χ0v) is 9.01. The Morgan fingerprint density at radius 1 is 1.20 bits per heavy atom. The fraction of sp³-hybridized carbons (Fsp3) is 0.538. The molecule has 0 spiro atoms. The molecule has 0 radical (unpaired) electrons. The summed E-state index contributed by atoms with van der Waals surface area (Å²) in [6.07, 6.45) is 5.83. The molecular weight excluding hydrogens is 189 g/mol. The highest BCUT2D eigenvalue weighted by Crippen LogP contribution is 2.15. The lowest BCUT2D eigenvalue weighted by atomic mass is 10.0. The molecule has 1 nitrogen and oxygen atoms in total. The Morgan fingerprint density at radius 2 is 2.07 bits per heavy atom. The molecule has 1 N–H and O–H groups in total. The van der Waals surface area contributed by atoms with E-state index in [4.69, 9.17) is 0 Å². The van der Waals surface area contributed by atoms with Crippen LogP contribution in [-0.4, -0.2) is 12.6 Å². The molecule has 1 saturated heterocycles. The Morgan fingerprint density at radius 3 is 2.93 bits per heavy atom. The first-order valence-corrected chi connectivity index (χ1v) is 5.83. The van der Waals surface area contributed by atoms with Crippen molar-refractivity contribution < 1.29 is 4.39 Å². The molecule has 0 saturated carbocycles. The van der Waals surface area contributed by atoms with Crippen LogP contribution in [0, 0.1) is 5.82 Å². The maximum absolute atomic E-state index is 13.4. The lowest BCUT2D eigenvalue weighted by Crippen LogP contribution is -2.30. The fourth-order valence-corrected chi connectivity index (χ4v) is 2.20. The van der Waals surface area contributed by atoms with Crippen LogP contribution in [0.2, 0.25) is 0 Å². The van der Waals surface area contributed by atoms with Crippen molar-refractivity contribution in [2.45, 2.75) is 38.1 Å². The molecule has 1 fully saturated rings. The molecule has 0 aromatic heterocycles. The van der Waals surface area contributed by atoms with Crippen LogP contribution in [0.25, 0.3) is 0 Å². The van der Waals surface area contributed by atoms with Crippen molar-refractivity contribution in [2.75, 3.05) is 6.54 Å². The van der Waals surface area contributed by atoms with Gasteiger partial charge in [-0.15, -0.1) is 0 Å². The van der Waals surface area contributed by atoms with E-state index in [9.17, 15) is 4.39 Å². The van der Waals surface area contributed by atoms with Gasteiger partial charge in [-0.3, -0.25) is 0 Å². The summed E-state index contributed by atoms with van der Waals surface area (Å²) in [5.74, 6) is -0.0662. The smallest absolute Gasteiger partial charge is 0.126 e. The second-order valence-corrected chi connectivity index (χ2v) is 4.30. The zero-order valence-electron chi connectivity index (χ0n) is 9.01.